The fraction of sp³-hybridized carbons (Fsp3) is 0.381. The third-order valence-electron chi connectivity index (χ3n) is 5.83. The van der Waals surface area contributed by atoms with E-state index in [9.17, 15) is 14.0 Å². The van der Waals surface area contributed by atoms with Crippen molar-refractivity contribution in [1.82, 2.24) is 14.7 Å². The molecule has 3 heterocycles. The Kier molecular flexibility index (Phi) is 5.30. The summed E-state index contributed by atoms with van der Waals surface area (Å²) in [6, 6.07) is 4.16. The van der Waals surface area contributed by atoms with Crippen molar-refractivity contribution >= 4 is 23.3 Å². The van der Waals surface area contributed by atoms with E-state index >= 15 is 0 Å². The molecule has 2 atom stereocenters. The first-order chi connectivity index (χ1) is 14.8. The number of nitrogens with zero attached hydrogens (tertiary/aromatic N) is 4. The molecule has 2 aliphatic rings. The lowest BCUT2D eigenvalue weighted by Gasteiger charge is -2.33. The fourth-order valence-corrected chi connectivity index (χ4v) is 4.32. The highest BCUT2D eigenvalue weighted by molar-refractivity contribution is 5.98. The number of halogens is 1. The molecular formula is C21H25FN6O3. The van der Waals surface area contributed by atoms with Gasteiger partial charge in [0.2, 0.25) is 5.91 Å². The molecule has 0 spiro atoms. The van der Waals surface area contributed by atoms with E-state index in [-0.39, 0.29) is 23.3 Å². The summed E-state index contributed by atoms with van der Waals surface area (Å²) in [6.07, 6.45) is 2.27. The highest BCUT2D eigenvalue weighted by Crippen LogP contribution is 2.39. The van der Waals surface area contributed by atoms with Gasteiger partial charge in [-0.1, -0.05) is 6.58 Å². The Labute approximate surface area is 179 Å². The zero-order chi connectivity index (χ0) is 22.3. The van der Waals surface area contributed by atoms with E-state index in [0.717, 1.165) is 18.5 Å². The Morgan fingerprint density at radius 2 is 2.19 bits per heavy atom. The summed E-state index contributed by atoms with van der Waals surface area (Å²) in [7, 11) is 1.84. The summed E-state index contributed by atoms with van der Waals surface area (Å²) in [6.45, 7) is 4.87. The zero-order valence-corrected chi connectivity index (χ0v) is 17.3. The number of hydrogen-bond acceptors (Lipinski definition) is 6. The van der Waals surface area contributed by atoms with Crippen LogP contribution in [-0.2, 0) is 11.3 Å². The van der Waals surface area contributed by atoms with Crippen molar-refractivity contribution in [1.29, 1.82) is 0 Å². The number of ether oxygens (including phenoxy) is 1. The predicted octanol–water partition coefficient (Wildman–Crippen LogP) is 1.45. The number of likely N-dealkylation sites (tertiary alicyclic amines) is 1. The molecule has 9 nitrogen and oxygen atoms in total. The Hall–Kier alpha value is -3.56. The molecule has 4 N–H and O–H groups in total. The largest absolute Gasteiger partial charge is 0.480 e. The minimum atomic E-state index is -0.722. The number of primary amides is 1. The van der Waals surface area contributed by atoms with Crippen molar-refractivity contribution in [3.63, 3.8) is 0 Å². The lowest BCUT2D eigenvalue weighted by atomic mass is 10.1. The van der Waals surface area contributed by atoms with Gasteiger partial charge in [0, 0.05) is 19.7 Å². The smallest absolute Gasteiger partial charge is 0.254 e. The van der Waals surface area contributed by atoms with Crippen LogP contribution in [0, 0.1) is 5.82 Å². The molecule has 1 aromatic heterocycles. The van der Waals surface area contributed by atoms with Crippen LogP contribution >= 0.6 is 0 Å². The maximum atomic E-state index is 13.7. The number of nitrogens with two attached hydrogens (primary N) is 2. The molecular weight excluding hydrogens is 403 g/mol. The molecule has 2 amide bonds. The monoisotopic (exact) mass is 428 g/mol. The normalized spacial score (nSPS) is 20.3. The first kappa shape index (κ1) is 20.7. The van der Waals surface area contributed by atoms with Gasteiger partial charge < -0.3 is 26.0 Å². The molecule has 164 valence electrons. The van der Waals surface area contributed by atoms with Gasteiger partial charge in [-0.3, -0.25) is 9.59 Å². The molecule has 4 rings (SSSR count). The van der Waals surface area contributed by atoms with Gasteiger partial charge in [-0.15, -0.1) is 0 Å². The summed E-state index contributed by atoms with van der Waals surface area (Å²) in [5.41, 5.74) is 13.0. The quantitative estimate of drug-likeness (QED) is 0.696. The maximum Gasteiger partial charge on any atom is 0.254 e. The predicted molar refractivity (Wildman–Crippen MR) is 113 cm³/mol. The van der Waals surface area contributed by atoms with Crippen LogP contribution in [0.4, 0.5) is 15.9 Å². The maximum absolute atomic E-state index is 13.7. The van der Waals surface area contributed by atoms with E-state index < -0.39 is 17.8 Å². The number of aromatic nitrogens is 2. The van der Waals surface area contributed by atoms with Crippen LogP contribution in [0.1, 0.15) is 35.0 Å². The number of hydrogen-bond donors (Lipinski definition) is 2. The van der Waals surface area contributed by atoms with Crippen molar-refractivity contribution in [2.75, 3.05) is 30.8 Å². The second-order valence-electron chi connectivity index (χ2n) is 7.82. The SMILES string of the molecule is C=CC(=O)N1CCC[C@H]1Cn1nc(C2CN(C)c3ccc(F)cc3O2)c(C(N)=O)c1N. The summed E-state index contributed by atoms with van der Waals surface area (Å²) in [5, 5.41) is 4.55. The number of rotatable bonds is 5. The number of benzene rings is 1. The number of nitrogen functional groups attached to an aromatic ring is 1. The van der Waals surface area contributed by atoms with E-state index in [1.807, 2.05) is 11.9 Å². The number of amides is 2. The molecule has 1 aromatic carbocycles. The van der Waals surface area contributed by atoms with Crippen molar-refractivity contribution in [3.8, 4) is 5.75 Å². The van der Waals surface area contributed by atoms with E-state index in [4.69, 9.17) is 16.2 Å². The van der Waals surface area contributed by atoms with Gasteiger partial charge in [0.05, 0.1) is 24.8 Å². The average molecular weight is 428 g/mol. The second kappa shape index (κ2) is 7.93. The third kappa shape index (κ3) is 3.69. The van der Waals surface area contributed by atoms with Gasteiger partial charge in [-0.05, 0) is 31.1 Å². The topological polar surface area (TPSA) is 120 Å². The molecule has 2 aromatic rings. The molecule has 0 aliphatic carbocycles. The summed E-state index contributed by atoms with van der Waals surface area (Å²) >= 11 is 0. The number of carbonyl (C=O) groups excluding carboxylic acids is 2. The standard InChI is InChI=1S/C21H25FN6O3/c1-3-17(29)27-8-4-5-13(27)10-28-20(23)18(21(24)30)19(25-28)16-11-26(2)14-7-6-12(22)9-15(14)31-16/h3,6-7,9,13,16H,1,4-5,8,10-11,23H2,2H3,(H2,24,30)/t13-,16?/m0/s1. The van der Waals surface area contributed by atoms with Crippen molar-refractivity contribution in [2.45, 2.75) is 31.5 Å². The molecule has 1 unspecified atom stereocenters. The number of anilines is 2. The van der Waals surface area contributed by atoms with Crippen molar-refractivity contribution < 1.29 is 18.7 Å². The molecule has 1 fully saturated rings. The first-order valence-electron chi connectivity index (χ1n) is 10.1. The summed E-state index contributed by atoms with van der Waals surface area (Å²) in [5.74, 6) is -0.835. The van der Waals surface area contributed by atoms with E-state index in [0.29, 0.717) is 31.1 Å². The molecule has 10 heteroatoms. The number of carbonyl (C=O) groups is 2. The highest BCUT2D eigenvalue weighted by Gasteiger charge is 2.34. The highest BCUT2D eigenvalue weighted by atomic mass is 19.1. The fourth-order valence-electron chi connectivity index (χ4n) is 4.32. The van der Waals surface area contributed by atoms with Crippen molar-refractivity contribution in [2.24, 2.45) is 5.73 Å². The summed E-state index contributed by atoms with van der Waals surface area (Å²) in [4.78, 5) is 28.0. The lowest BCUT2D eigenvalue weighted by Crippen LogP contribution is -2.37. The van der Waals surface area contributed by atoms with Gasteiger partial charge in [-0.25, -0.2) is 9.07 Å². The van der Waals surface area contributed by atoms with Gasteiger partial charge in [0.25, 0.3) is 5.91 Å². The number of fused-ring (bicyclic) bond motifs is 1. The Morgan fingerprint density at radius 3 is 2.90 bits per heavy atom. The Balaban J connectivity index is 1.67. The van der Waals surface area contributed by atoms with Crippen LogP contribution in [0.25, 0.3) is 0 Å². The molecule has 0 saturated carbocycles. The van der Waals surface area contributed by atoms with E-state index in [1.54, 1.807) is 11.0 Å². The molecule has 31 heavy (non-hydrogen) atoms. The first-order valence-corrected chi connectivity index (χ1v) is 10.1. The Bertz CT molecular complexity index is 1050. The van der Waals surface area contributed by atoms with Gasteiger partial charge >= 0.3 is 0 Å². The second-order valence-corrected chi connectivity index (χ2v) is 7.82. The van der Waals surface area contributed by atoms with Crippen LogP contribution in [0.15, 0.2) is 30.9 Å². The van der Waals surface area contributed by atoms with Crippen LogP contribution in [0.5, 0.6) is 5.75 Å². The van der Waals surface area contributed by atoms with Crippen LogP contribution in [0.3, 0.4) is 0 Å². The average Bonchev–Trinajstić information content (AvgIpc) is 3.32. The third-order valence-corrected chi connectivity index (χ3v) is 5.83. The van der Waals surface area contributed by atoms with Gasteiger partial charge in [0.15, 0.2) is 6.10 Å². The van der Waals surface area contributed by atoms with E-state index in [2.05, 4.69) is 11.7 Å². The minimum Gasteiger partial charge on any atom is -0.480 e. The summed E-state index contributed by atoms with van der Waals surface area (Å²) < 4.78 is 21.2. The van der Waals surface area contributed by atoms with E-state index in [1.165, 1.54) is 22.9 Å². The van der Waals surface area contributed by atoms with Crippen LogP contribution in [0.2, 0.25) is 0 Å². The van der Waals surface area contributed by atoms with Gasteiger partial charge in [-0.2, -0.15) is 5.10 Å². The zero-order valence-electron chi connectivity index (χ0n) is 17.3. The lowest BCUT2D eigenvalue weighted by molar-refractivity contribution is -0.127. The molecule has 2 aliphatic heterocycles. The molecule has 1 saturated heterocycles. The van der Waals surface area contributed by atoms with Crippen LogP contribution < -0.4 is 21.1 Å². The van der Waals surface area contributed by atoms with Crippen molar-refractivity contribution in [3.05, 3.63) is 47.9 Å². The Morgan fingerprint density at radius 1 is 1.42 bits per heavy atom. The molecule has 0 bridgehead atoms. The van der Waals surface area contributed by atoms with Gasteiger partial charge in [0.1, 0.15) is 28.6 Å². The number of likely N-dealkylation sites (N-methyl/N-ethyl adjacent to an activating group) is 1. The minimum absolute atomic E-state index is 0.0813. The molecule has 0 radical (unpaired) electrons. The van der Waals surface area contributed by atoms with Crippen LogP contribution in [-0.4, -0.2) is 52.7 Å².